The van der Waals surface area contributed by atoms with Crippen LogP contribution in [-0.2, 0) is 6.42 Å². The molecule has 0 amide bonds. The third-order valence-electron chi connectivity index (χ3n) is 3.09. The van der Waals surface area contributed by atoms with Gasteiger partial charge in [0.05, 0.1) is 11.9 Å². The highest BCUT2D eigenvalue weighted by Gasteiger charge is 2.37. The molecule has 2 aromatic rings. The van der Waals surface area contributed by atoms with Gasteiger partial charge in [0.1, 0.15) is 0 Å². The van der Waals surface area contributed by atoms with Crippen molar-refractivity contribution in [2.45, 2.75) is 31.2 Å². The molecule has 1 saturated carbocycles. The lowest BCUT2D eigenvalue weighted by Crippen LogP contribution is -2.22. The van der Waals surface area contributed by atoms with E-state index in [0.717, 1.165) is 24.2 Å². The van der Waals surface area contributed by atoms with Gasteiger partial charge < -0.3 is 10.1 Å². The van der Waals surface area contributed by atoms with Gasteiger partial charge in [-0.25, -0.2) is 4.98 Å². The minimum Gasteiger partial charge on any atom is -0.325 e. The highest BCUT2D eigenvalue weighted by atomic mass is 15.0. The van der Waals surface area contributed by atoms with Crippen molar-refractivity contribution in [1.82, 2.24) is 14.4 Å². The highest BCUT2D eigenvalue weighted by molar-refractivity contribution is 5.36. The molecule has 0 radical (unpaired) electrons. The second-order valence-corrected chi connectivity index (χ2v) is 4.44. The Morgan fingerprint density at radius 3 is 3.07 bits per heavy atom. The normalized spacial score (nSPS) is 18.2. The summed E-state index contributed by atoms with van der Waals surface area (Å²) >= 11 is 0. The summed E-state index contributed by atoms with van der Waals surface area (Å²) in [6, 6.07) is 0. The maximum atomic E-state index is 6.04. The number of hydrogen-bond acceptors (Lipinski definition) is 3. The third-order valence-corrected chi connectivity index (χ3v) is 3.09. The van der Waals surface area contributed by atoms with Crippen LogP contribution in [0.15, 0.2) is 24.8 Å². The van der Waals surface area contributed by atoms with Gasteiger partial charge in [-0.05, 0) is 25.7 Å². The summed E-state index contributed by atoms with van der Waals surface area (Å²) in [5.41, 5.74) is 8.18. The van der Waals surface area contributed by atoms with Gasteiger partial charge in [-0.2, -0.15) is 0 Å². The molecule has 4 heteroatoms. The third kappa shape index (κ3) is 1.72. The summed E-state index contributed by atoms with van der Waals surface area (Å²) in [5, 5.41) is 0. The first kappa shape index (κ1) is 8.85. The van der Waals surface area contributed by atoms with Gasteiger partial charge in [0.25, 0.3) is 0 Å². The van der Waals surface area contributed by atoms with E-state index in [-0.39, 0.29) is 5.54 Å². The lowest BCUT2D eigenvalue weighted by molar-refractivity contribution is 0.604. The number of hydrogen-bond donors (Lipinski definition) is 1. The van der Waals surface area contributed by atoms with Crippen molar-refractivity contribution < 1.29 is 0 Å². The molecule has 0 atom stereocenters. The summed E-state index contributed by atoms with van der Waals surface area (Å²) in [4.78, 5) is 8.53. The number of nitrogens with two attached hydrogens (primary N) is 1. The van der Waals surface area contributed by atoms with Crippen LogP contribution < -0.4 is 5.73 Å². The molecule has 0 bridgehead atoms. The predicted molar refractivity (Wildman–Crippen MR) is 57.5 cm³/mol. The molecule has 0 spiro atoms. The van der Waals surface area contributed by atoms with Crippen molar-refractivity contribution in [3.05, 3.63) is 30.5 Å². The summed E-state index contributed by atoms with van der Waals surface area (Å²) in [7, 11) is 0. The summed E-state index contributed by atoms with van der Waals surface area (Å²) in [6.45, 7) is 0. The molecule has 78 valence electrons. The molecular formula is C11H14N4. The first-order chi connectivity index (χ1) is 7.25. The average molecular weight is 202 g/mol. The number of aryl methyl sites for hydroxylation is 1. The van der Waals surface area contributed by atoms with Crippen LogP contribution in [-0.4, -0.2) is 19.9 Å². The fourth-order valence-electron chi connectivity index (χ4n) is 1.80. The Morgan fingerprint density at radius 2 is 2.33 bits per heavy atom. The van der Waals surface area contributed by atoms with Crippen molar-refractivity contribution in [2.75, 3.05) is 0 Å². The zero-order valence-corrected chi connectivity index (χ0v) is 8.56. The minimum absolute atomic E-state index is 0.119. The van der Waals surface area contributed by atoms with Crippen molar-refractivity contribution in [1.29, 1.82) is 0 Å². The van der Waals surface area contributed by atoms with Crippen LogP contribution in [0.4, 0.5) is 0 Å². The number of aromatic nitrogens is 3. The van der Waals surface area contributed by atoms with Crippen LogP contribution in [0.1, 0.15) is 25.0 Å². The van der Waals surface area contributed by atoms with Crippen LogP contribution in [0, 0.1) is 0 Å². The summed E-state index contributed by atoms with van der Waals surface area (Å²) in [5.74, 6) is 0. The lowest BCUT2D eigenvalue weighted by Gasteiger charge is -2.04. The van der Waals surface area contributed by atoms with Gasteiger partial charge in [0.15, 0.2) is 5.65 Å². The van der Waals surface area contributed by atoms with Crippen molar-refractivity contribution >= 4 is 5.65 Å². The van der Waals surface area contributed by atoms with Crippen molar-refractivity contribution in [3.63, 3.8) is 0 Å². The van der Waals surface area contributed by atoms with Gasteiger partial charge in [-0.15, -0.1) is 0 Å². The van der Waals surface area contributed by atoms with E-state index in [4.69, 9.17) is 5.73 Å². The number of rotatable bonds is 3. The summed E-state index contributed by atoms with van der Waals surface area (Å²) in [6.07, 6.45) is 11.9. The molecule has 1 fully saturated rings. The molecular weight excluding hydrogens is 188 g/mol. The molecule has 0 unspecified atom stereocenters. The van der Waals surface area contributed by atoms with Gasteiger partial charge in [0, 0.05) is 24.1 Å². The van der Waals surface area contributed by atoms with Crippen LogP contribution in [0.3, 0.4) is 0 Å². The highest BCUT2D eigenvalue weighted by Crippen LogP contribution is 2.36. The van der Waals surface area contributed by atoms with Crippen LogP contribution in [0.2, 0.25) is 0 Å². The van der Waals surface area contributed by atoms with E-state index >= 15 is 0 Å². The SMILES string of the molecule is NC1(CCc2cn3ccncc3n2)CC1. The number of fused-ring (bicyclic) bond motifs is 1. The standard InChI is InChI=1S/C11H14N4/c12-11(3-4-11)2-1-9-8-15-6-5-13-7-10(15)14-9/h5-8H,1-4,12H2. The number of nitrogens with zero attached hydrogens (tertiary/aromatic N) is 3. The van der Waals surface area contributed by atoms with E-state index in [9.17, 15) is 0 Å². The number of imidazole rings is 1. The molecule has 0 aliphatic heterocycles. The Balaban J connectivity index is 1.79. The second kappa shape index (κ2) is 3.03. The predicted octanol–water partition coefficient (Wildman–Crippen LogP) is 1.15. The molecule has 1 aliphatic rings. The van der Waals surface area contributed by atoms with Crippen molar-refractivity contribution in [3.8, 4) is 0 Å². The topological polar surface area (TPSA) is 56.2 Å². The van der Waals surface area contributed by atoms with E-state index < -0.39 is 0 Å². The smallest absolute Gasteiger partial charge is 0.155 e. The molecule has 2 aromatic heterocycles. The fourth-order valence-corrected chi connectivity index (χ4v) is 1.80. The Labute approximate surface area is 88.1 Å². The van der Waals surface area contributed by atoms with E-state index in [0.29, 0.717) is 0 Å². The molecule has 4 nitrogen and oxygen atoms in total. The van der Waals surface area contributed by atoms with E-state index in [2.05, 4.69) is 16.2 Å². The first-order valence-corrected chi connectivity index (χ1v) is 5.32. The molecule has 2 N–H and O–H groups in total. The van der Waals surface area contributed by atoms with Gasteiger partial charge in [0.2, 0.25) is 0 Å². The van der Waals surface area contributed by atoms with Crippen LogP contribution in [0.5, 0.6) is 0 Å². The molecule has 1 aliphatic carbocycles. The first-order valence-electron chi connectivity index (χ1n) is 5.32. The van der Waals surface area contributed by atoms with Crippen LogP contribution in [0.25, 0.3) is 5.65 Å². The lowest BCUT2D eigenvalue weighted by atomic mass is 10.1. The Morgan fingerprint density at radius 1 is 1.47 bits per heavy atom. The molecule has 0 aromatic carbocycles. The Hall–Kier alpha value is -1.42. The monoisotopic (exact) mass is 202 g/mol. The maximum Gasteiger partial charge on any atom is 0.155 e. The quantitative estimate of drug-likeness (QED) is 0.812. The van der Waals surface area contributed by atoms with Gasteiger partial charge in [-0.3, -0.25) is 4.98 Å². The Bertz CT molecular complexity index is 451. The largest absolute Gasteiger partial charge is 0.325 e. The molecule has 15 heavy (non-hydrogen) atoms. The molecule has 3 rings (SSSR count). The maximum absolute atomic E-state index is 6.04. The zero-order valence-electron chi connectivity index (χ0n) is 8.56. The zero-order chi connectivity index (χ0) is 10.3. The fraction of sp³-hybridized carbons (Fsp3) is 0.455. The van der Waals surface area contributed by atoms with Crippen molar-refractivity contribution in [2.24, 2.45) is 5.73 Å². The molecule has 0 saturated heterocycles. The van der Waals surface area contributed by atoms with Crippen LogP contribution >= 0.6 is 0 Å². The van der Waals surface area contributed by atoms with E-state index in [1.165, 1.54) is 12.8 Å². The average Bonchev–Trinajstić information content (AvgIpc) is 2.83. The van der Waals surface area contributed by atoms with Gasteiger partial charge in [-0.1, -0.05) is 0 Å². The molecule has 2 heterocycles. The van der Waals surface area contributed by atoms with Gasteiger partial charge >= 0.3 is 0 Å². The van der Waals surface area contributed by atoms with E-state index in [1.807, 2.05) is 10.6 Å². The second-order valence-electron chi connectivity index (χ2n) is 4.44. The Kier molecular flexibility index (Phi) is 1.79. The van der Waals surface area contributed by atoms with E-state index in [1.54, 1.807) is 12.4 Å². The minimum atomic E-state index is 0.119. The summed E-state index contributed by atoms with van der Waals surface area (Å²) < 4.78 is 2.00.